The first-order chi connectivity index (χ1) is 8.23. The van der Waals surface area contributed by atoms with E-state index in [0.717, 1.165) is 6.61 Å². The van der Waals surface area contributed by atoms with E-state index in [-0.39, 0.29) is 5.60 Å². The van der Waals surface area contributed by atoms with Gasteiger partial charge in [0.05, 0.1) is 5.60 Å². The van der Waals surface area contributed by atoms with Crippen LogP contribution in [0.3, 0.4) is 0 Å². The molecule has 2 heteroatoms. The van der Waals surface area contributed by atoms with E-state index in [9.17, 15) is 0 Å². The average molecular weight is 241 g/mol. The summed E-state index contributed by atoms with van der Waals surface area (Å²) in [7, 11) is 2.08. The van der Waals surface area contributed by atoms with Crippen LogP contribution in [0.5, 0.6) is 0 Å². The van der Waals surface area contributed by atoms with Gasteiger partial charge in [-0.1, -0.05) is 39.0 Å². The molecule has 2 atom stereocenters. The highest BCUT2D eigenvalue weighted by molar-refractivity contribution is 4.90. The lowest BCUT2D eigenvalue weighted by Crippen LogP contribution is -2.51. The van der Waals surface area contributed by atoms with Crippen molar-refractivity contribution in [3.63, 3.8) is 0 Å². The molecule has 0 aromatic rings. The van der Waals surface area contributed by atoms with Crippen LogP contribution < -0.4 is 5.32 Å². The Balaban J connectivity index is 2.26. The molecule has 17 heavy (non-hydrogen) atoms. The topological polar surface area (TPSA) is 21.3 Å². The van der Waals surface area contributed by atoms with Gasteiger partial charge >= 0.3 is 0 Å². The molecular weight excluding hydrogens is 210 g/mol. The molecule has 0 aromatic carbocycles. The first-order valence-electron chi connectivity index (χ1n) is 7.54. The van der Waals surface area contributed by atoms with Crippen LogP contribution in [0, 0.1) is 0 Å². The van der Waals surface area contributed by atoms with Crippen molar-refractivity contribution in [2.45, 2.75) is 83.3 Å². The van der Waals surface area contributed by atoms with Crippen LogP contribution in [0.15, 0.2) is 0 Å². The summed E-state index contributed by atoms with van der Waals surface area (Å²) < 4.78 is 6.03. The predicted molar refractivity (Wildman–Crippen MR) is 74.4 cm³/mol. The number of nitrogens with one attached hydrogen (secondary N) is 1. The Hall–Kier alpha value is -0.0800. The van der Waals surface area contributed by atoms with Crippen LogP contribution in [-0.4, -0.2) is 25.3 Å². The van der Waals surface area contributed by atoms with E-state index in [2.05, 4.69) is 26.2 Å². The van der Waals surface area contributed by atoms with Crippen molar-refractivity contribution >= 4 is 0 Å². The molecule has 102 valence electrons. The number of unbranched alkanes of at least 4 members (excludes halogenated alkanes) is 4. The number of hydrogen-bond donors (Lipinski definition) is 1. The second-order valence-electron chi connectivity index (χ2n) is 5.66. The minimum atomic E-state index is 0.0811. The maximum Gasteiger partial charge on any atom is 0.0806 e. The Morgan fingerprint density at radius 1 is 1.18 bits per heavy atom. The van der Waals surface area contributed by atoms with Gasteiger partial charge in [-0.05, 0) is 39.7 Å². The molecule has 1 aliphatic heterocycles. The summed E-state index contributed by atoms with van der Waals surface area (Å²) in [5.74, 6) is 0. The molecule has 1 fully saturated rings. The zero-order chi connectivity index (χ0) is 12.6. The first-order valence-corrected chi connectivity index (χ1v) is 7.54. The Kier molecular flexibility index (Phi) is 7.14. The van der Waals surface area contributed by atoms with Crippen molar-refractivity contribution in [3.8, 4) is 0 Å². The third-order valence-corrected chi connectivity index (χ3v) is 4.18. The fraction of sp³-hybridized carbons (Fsp3) is 1.00. The van der Waals surface area contributed by atoms with Crippen LogP contribution in [0.2, 0.25) is 0 Å². The lowest BCUT2D eigenvalue weighted by atomic mass is 9.85. The monoisotopic (exact) mass is 241 g/mol. The minimum Gasteiger partial charge on any atom is -0.374 e. The molecule has 0 saturated carbocycles. The van der Waals surface area contributed by atoms with Gasteiger partial charge < -0.3 is 10.1 Å². The average Bonchev–Trinajstić information content (AvgIpc) is 2.34. The molecule has 0 bridgehead atoms. The van der Waals surface area contributed by atoms with E-state index in [0.29, 0.717) is 6.04 Å². The zero-order valence-corrected chi connectivity index (χ0v) is 12.1. The fourth-order valence-corrected chi connectivity index (χ4v) is 2.94. The third-order valence-electron chi connectivity index (χ3n) is 4.18. The van der Waals surface area contributed by atoms with Crippen LogP contribution >= 0.6 is 0 Å². The minimum absolute atomic E-state index is 0.0811. The van der Waals surface area contributed by atoms with Crippen molar-refractivity contribution in [1.29, 1.82) is 0 Å². The number of likely N-dealkylation sites (N-methyl/N-ethyl adjacent to an activating group) is 1. The van der Waals surface area contributed by atoms with Gasteiger partial charge in [-0.15, -0.1) is 0 Å². The van der Waals surface area contributed by atoms with Crippen LogP contribution in [-0.2, 0) is 4.74 Å². The second kappa shape index (κ2) is 8.10. The first kappa shape index (κ1) is 15.0. The molecule has 0 spiro atoms. The molecule has 0 radical (unpaired) electrons. The van der Waals surface area contributed by atoms with Crippen molar-refractivity contribution in [1.82, 2.24) is 5.32 Å². The highest BCUT2D eigenvalue weighted by Gasteiger charge is 2.35. The summed E-state index contributed by atoms with van der Waals surface area (Å²) in [6.07, 6.45) is 11.9. The van der Waals surface area contributed by atoms with Gasteiger partial charge in [-0.25, -0.2) is 0 Å². The fourth-order valence-electron chi connectivity index (χ4n) is 2.94. The Morgan fingerprint density at radius 2 is 1.94 bits per heavy atom. The molecule has 1 aliphatic rings. The number of ether oxygens (including phenoxy) is 1. The van der Waals surface area contributed by atoms with Gasteiger partial charge in [-0.3, -0.25) is 0 Å². The molecular formula is C15H31NO. The summed E-state index contributed by atoms with van der Waals surface area (Å²) in [6, 6.07) is 0.532. The summed E-state index contributed by atoms with van der Waals surface area (Å²) in [5.41, 5.74) is 0.0811. The van der Waals surface area contributed by atoms with E-state index in [4.69, 9.17) is 4.74 Å². The van der Waals surface area contributed by atoms with E-state index < -0.39 is 0 Å². The van der Waals surface area contributed by atoms with Gasteiger partial charge in [0.2, 0.25) is 0 Å². The largest absolute Gasteiger partial charge is 0.374 e. The van der Waals surface area contributed by atoms with Gasteiger partial charge in [-0.2, -0.15) is 0 Å². The van der Waals surface area contributed by atoms with Gasteiger partial charge in [0.25, 0.3) is 0 Å². The highest BCUT2D eigenvalue weighted by atomic mass is 16.5. The summed E-state index contributed by atoms with van der Waals surface area (Å²) in [4.78, 5) is 0. The smallest absolute Gasteiger partial charge is 0.0806 e. The molecule has 1 N–H and O–H groups in total. The summed E-state index contributed by atoms with van der Waals surface area (Å²) in [6.45, 7) is 5.51. The number of hydrogen-bond acceptors (Lipinski definition) is 2. The maximum absolute atomic E-state index is 6.03. The molecule has 1 saturated heterocycles. The van der Waals surface area contributed by atoms with Gasteiger partial charge in [0.1, 0.15) is 0 Å². The van der Waals surface area contributed by atoms with E-state index >= 15 is 0 Å². The van der Waals surface area contributed by atoms with Crippen molar-refractivity contribution in [3.05, 3.63) is 0 Å². The zero-order valence-electron chi connectivity index (χ0n) is 12.1. The van der Waals surface area contributed by atoms with Crippen molar-refractivity contribution in [2.75, 3.05) is 13.7 Å². The Bertz CT molecular complexity index is 187. The quantitative estimate of drug-likeness (QED) is 0.651. The van der Waals surface area contributed by atoms with E-state index in [1.165, 1.54) is 57.8 Å². The Morgan fingerprint density at radius 3 is 2.53 bits per heavy atom. The second-order valence-corrected chi connectivity index (χ2v) is 5.66. The molecule has 2 unspecified atom stereocenters. The SMILES string of the molecule is CCCCCCCC(NC)C1(C)CCCCO1. The predicted octanol–water partition coefficient (Wildman–Crippen LogP) is 3.89. The van der Waals surface area contributed by atoms with Crippen LogP contribution in [0.1, 0.15) is 71.6 Å². The lowest BCUT2D eigenvalue weighted by molar-refractivity contribution is -0.0890. The molecule has 0 aliphatic carbocycles. The molecule has 1 rings (SSSR count). The highest BCUT2D eigenvalue weighted by Crippen LogP contribution is 2.30. The van der Waals surface area contributed by atoms with E-state index in [1.54, 1.807) is 0 Å². The van der Waals surface area contributed by atoms with Crippen LogP contribution in [0.25, 0.3) is 0 Å². The molecule has 2 nitrogen and oxygen atoms in total. The molecule has 0 amide bonds. The standard InChI is InChI=1S/C15H31NO/c1-4-5-6-7-8-11-14(16-3)15(2)12-9-10-13-17-15/h14,16H,4-13H2,1-3H3. The van der Waals surface area contributed by atoms with Crippen molar-refractivity contribution in [2.24, 2.45) is 0 Å². The lowest BCUT2D eigenvalue weighted by Gasteiger charge is -2.40. The summed E-state index contributed by atoms with van der Waals surface area (Å²) in [5, 5.41) is 3.48. The number of rotatable bonds is 8. The van der Waals surface area contributed by atoms with Crippen molar-refractivity contribution < 1.29 is 4.74 Å². The molecule has 0 aromatic heterocycles. The summed E-state index contributed by atoms with van der Waals surface area (Å²) >= 11 is 0. The maximum atomic E-state index is 6.03. The Labute approximate surface area is 108 Å². The van der Waals surface area contributed by atoms with Crippen LogP contribution in [0.4, 0.5) is 0 Å². The van der Waals surface area contributed by atoms with E-state index in [1.807, 2.05) is 0 Å². The van der Waals surface area contributed by atoms with Gasteiger partial charge in [0, 0.05) is 12.6 Å². The third kappa shape index (κ3) is 4.97. The van der Waals surface area contributed by atoms with Gasteiger partial charge in [0.15, 0.2) is 0 Å². The normalized spacial score (nSPS) is 27.0. The molecule has 1 heterocycles.